The van der Waals surface area contributed by atoms with Crippen molar-refractivity contribution >= 4 is 17.7 Å². The van der Waals surface area contributed by atoms with Crippen LogP contribution in [0.25, 0.3) is 11.5 Å². The van der Waals surface area contributed by atoms with Gasteiger partial charge in [-0.15, -0.1) is 5.10 Å². The number of amides is 1. The lowest BCUT2D eigenvalue weighted by molar-refractivity contribution is 0.100. The van der Waals surface area contributed by atoms with E-state index in [9.17, 15) is 9.59 Å². The van der Waals surface area contributed by atoms with Crippen LogP contribution in [-0.4, -0.2) is 29.0 Å². The summed E-state index contributed by atoms with van der Waals surface area (Å²) in [5.41, 5.74) is 1.60. The molecule has 0 bridgehead atoms. The first-order valence-electron chi connectivity index (χ1n) is 7.47. The minimum atomic E-state index is -0.407. The van der Waals surface area contributed by atoms with E-state index in [-0.39, 0.29) is 17.7 Å². The Kier molecular flexibility index (Phi) is 4.56. The van der Waals surface area contributed by atoms with Crippen molar-refractivity contribution in [3.05, 3.63) is 59.7 Å². The topological polar surface area (TPSA) is 94.3 Å². The maximum Gasteiger partial charge on any atom is 0.322 e. The number of carbonyl (C=O) groups excluding carboxylic acids is 2. The van der Waals surface area contributed by atoms with Gasteiger partial charge in [-0.25, -0.2) is 0 Å². The highest BCUT2D eigenvalue weighted by atomic mass is 16.5. The highest BCUT2D eigenvalue weighted by molar-refractivity contribution is 6.04. The molecule has 1 heterocycles. The van der Waals surface area contributed by atoms with E-state index in [0.717, 1.165) is 0 Å². The molecular formula is C18H15N3O4. The Balaban J connectivity index is 1.74. The summed E-state index contributed by atoms with van der Waals surface area (Å²) in [6.45, 7) is 1.47. The van der Waals surface area contributed by atoms with Crippen LogP contribution >= 0.6 is 0 Å². The largest absolute Gasteiger partial charge is 0.497 e. The van der Waals surface area contributed by atoms with Gasteiger partial charge in [0.05, 0.1) is 7.11 Å². The normalized spacial score (nSPS) is 10.3. The molecule has 0 saturated heterocycles. The van der Waals surface area contributed by atoms with Crippen molar-refractivity contribution < 1.29 is 18.7 Å². The molecule has 1 N–H and O–H groups in total. The molecule has 0 fully saturated rings. The minimum Gasteiger partial charge on any atom is -0.497 e. The third-order valence-electron chi connectivity index (χ3n) is 3.52. The van der Waals surface area contributed by atoms with E-state index in [4.69, 9.17) is 9.15 Å². The summed E-state index contributed by atoms with van der Waals surface area (Å²) in [4.78, 5) is 23.5. The standard InChI is InChI=1S/C18H15N3O4/c1-11(22)12-6-8-13(9-7-12)16(23)19-18-21-20-17(25-18)14-4-3-5-15(10-14)24-2/h3-10H,1-2H3,(H,19,21,23). The molecule has 0 saturated carbocycles. The fourth-order valence-corrected chi connectivity index (χ4v) is 2.17. The van der Waals surface area contributed by atoms with Gasteiger partial charge >= 0.3 is 6.01 Å². The van der Waals surface area contributed by atoms with Crippen LogP contribution < -0.4 is 10.1 Å². The zero-order chi connectivity index (χ0) is 17.8. The van der Waals surface area contributed by atoms with Crippen molar-refractivity contribution in [2.45, 2.75) is 6.92 Å². The third-order valence-corrected chi connectivity index (χ3v) is 3.52. The molecule has 7 nitrogen and oxygen atoms in total. The molecule has 2 aromatic carbocycles. The number of aromatic nitrogens is 2. The summed E-state index contributed by atoms with van der Waals surface area (Å²) in [5, 5.41) is 10.3. The lowest BCUT2D eigenvalue weighted by Crippen LogP contribution is -2.12. The SMILES string of the molecule is COc1cccc(-c2nnc(NC(=O)c3ccc(C(C)=O)cc3)o2)c1. The molecule has 3 rings (SSSR count). The molecular weight excluding hydrogens is 322 g/mol. The van der Waals surface area contributed by atoms with Crippen LogP contribution in [0.3, 0.4) is 0 Å². The van der Waals surface area contributed by atoms with E-state index in [1.807, 2.05) is 0 Å². The first-order chi connectivity index (χ1) is 12.1. The van der Waals surface area contributed by atoms with Gasteiger partial charge in [-0.2, -0.15) is 0 Å². The number of carbonyl (C=O) groups is 2. The molecule has 0 spiro atoms. The monoisotopic (exact) mass is 337 g/mol. The zero-order valence-corrected chi connectivity index (χ0v) is 13.6. The summed E-state index contributed by atoms with van der Waals surface area (Å²) < 4.78 is 10.6. The summed E-state index contributed by atoms with van der Waals surface area (Å²) in [7, 11) is 1.57. The van der Waals surface area contributed by atoms with Crippen LogP contribution in [0.15, 0.2) is 52.9 Å². The van der Waals surface area contributed by atoms with Gasteiger partial charge in [-0.05, 0) is 37.3 Å². The fraction of sp³-hybridized carbons (Fsp3) is 0.111. The molecule has 126 valence electrons. The van der Waals surface area contributed by atoms with E-state index in [2.05, 4.69) is 15.5 Å². The predicted molar refractivity (Wildman–Crippen MR) is 90.7 cm³/mol. The smallest absolute Gasteiger partial charge is 0.322 e. The predicted octanol–water partition coefficient (Wildman–Crippen LogP) is 3.20. The highest BCUT2D eigenvalue weighted by Gasteiger charge is 2.13. The van der Waals surface area contributed by atoms with Gasteiger partial charge in [0, 0.05) is 16.7 Å². The maximum atomic E-state index is 12.2. The Morgan fingerprint density at radius 3 is 2.44 bits per heavy atom. The maximum absolute atomic E-state index is 12.2. The second kappa shape index (κ2) is 6.96. The first kappa shape index (κ1) is 16.4. The fourth-order valence-electron chi connectivity index (χ4n) is 2.17. The van der Waals surface area contributed by atoms with Crippen LogP contribution in [0.2, 0.25) is 0 Å². The first-order valence-corrected chi connectivity index (χ1v) is 7.47. The van der Waals surface area contributed by atoms with Crippen LogP contribution in [-0.2, 0) is 0 Å². The van der Waals surface area contributed by atoms with E-state index >= 15 is 0 Å². The highest BCUT2D eigenvalue weighted by Crippen LogP contribution is 2.24. The van der Waals surface area contributed by atoms with Crippen LogP contribution in [0.1, 0.15) is 27.6 Å². The average Bonchev–Trinajstić information content (AvgIpc) is 3.10. The summed E-state index contributed by atoms with van der Waals surface area (Å²) in [5.74, 6) is 0.454. The van der Waals surface area contributed by atoms with E-state index in [0.29, 0.717) is 22.4 Å². The number of Topliss-reactive ketones (excluding diaryl/α,β-unsaturated/α-hetero) is 1. The van der Waals surface area contributed by atoms with E-state index < -0.39 is 5.91 Å². The van der Waals surface area contributed by atoms with Crippen molar-refractivity contribution in [2.75, 3.05) is 12.4 Å². The van der Waals surface area contributed by atoms with Gasteiger partial charge in [0.1, 0.15) is 5.75 Å². The second-order valence-corrected chi connectivity index (χ2v) is 5.23. The molecule has 0 aliphatic carbocycles. The quantitative estimate of drug-likeness (QED) is 0.719. The summed E-state index contributed by atoms with van der Waals surface area (Å²) >= 11 is 0. The second-order valence-electron chi connectivity index (χ2n) is 5.23. The molecule has 3 aromatic rings. The number of anilines is 1. The number of rotatable bonds is 5. The number of methoxy groups -OCH3 is 1. The van der Waals surface area contributed by atoms with Gasteiger partial charge in [0.15, 0.2) is 5.78 Å². The van der Waals surface area contributed by atoms with E-state index in [1.165, 1.54) is 6.92 Å². The average molecular weight is 337 g/mol. The van der Waals surface area contributed by atoms with Crippen LogP contribution in [0.4, 0.5) is 6.01 Å². The zero-order valence-electron chi connectivity index (χ0n) is 13.6. The van der Waals surface area contributed by atoms with Gasteiger partial charge < -0.3 is 9.15 Å². The number of nitrogens with zero attached hydrogens (tertiary/aromatic N) is 2. The lowest BCUT2D eigenvalue weighted by Gasteiger charge is -2.02. The molecule has 1 amide bonds. The van der Waals surface area contributed by atoms with Gasteiger partial charge in [-0.3, -0.25) is 14.9 Å². The molecule has 1 aromatic heterocycles. The van der Waals surface area contributed by atoms with Crippen molar-refractivity contribution in [3.63, 3.8) is 0 Å². The third kappa shape index (κ3) is 3.72. The van der Waals surface area contributed by atoms with Gasteiger partial charge in [0.2, 0.25) is 5.89 Å². The van der Waals surface area contributed by atoms with E-state index in [1.54, 1.807) is 55.6 Å². The van der Waals surface area contributed by atoms with Crippen LogP contribution in [0.5, 0.6) is 5.75 Å². The van der Waals surface area contributed by atoms with Gasteiger partial charge in [0.25, 0.3) is 5.91 Å². The molecule has 0 radical (unpaired) electrons. The molecule has 0 aliphatic heterocycles. The van der Waals surface area contributed by atoms with Crippen molar-refractivity contribution in [1.82, 2.24) is 10.2 Å². The number of nitrogens with one attached hydrogen (secondary N) is 1. The van der Waals surface area contributed by atoms with Crippen molar-refractivity contribution in [2.24, 2.45) is 0 Å². The van der Waals surface area contributed by atoms with Crippen molar-refractivity contribution in [3.8, 4) is 17.2 Å². The summed E-state index contributed by atoms with van der Waals surface area (Å²) in [6, 6.07) is 13.4. The van der Waals surface area contributed by atoms with Gasteiger partial charge in [-0.1, -0.05) is 23.3 Å². The van der Waals surface area contributed by atoms with Crippen LogP contribution in [0, 0.1) is 0 Å². The Morgan fingerprint density at radius 1 is 1.04 bits per heavy atom. The Bertz CT molecular complexity index is 916. The molecule has 0 atom stereocenters. The Morgan fingerprint density at radius 2 is 1.76 bits per heavy atom. The number of ketones is 1. The molecule has 7 heteroatoms. The molecule has 0 aliphatic rings. The Hall–Kier alpha value is -3.48. The summed E-state index contributed by atoms with van der Waals surface area (Å²) in [6.07, 6.45) is 0. The lowest BCUT2D eigenvalue weighted by atomic mass is 10.1. The molecule has 0 unspecified atom stereocenters. The minimum absolute atomic E-state index is 0.0153. The number of benzene rings is 2. The van der Waals surface area contributed by atoms with Crippen molar-refractivity contribution in [1.29, 1.82) is 0 Å². The number of hydrogen-bond donors (Lipinski definition) is 1. The molecule has 25 heavy (non-hydrogen) atoms. The Labute approximate surface area is 143 Å². The number of ether oxygens (including phenoxy) is 1. The number of hydrogen-bond acceptors (Lipinski definition) is 6.